The zero-order chi connectivity index (χ0) is 10.7. The second-order valence-electron chi connectivity index (χ2n) is 3.35. The van der Waals surface area contributed by atoms with Crippen LogP contribution in [0.4, 0.5) is 0 Å². The highest BCUT2D eigenvalue weighted by atomic mass is 79.9. The van der Waals surface area contributed by atoms with Crippen molar-refractivity contribution in [1.82, 2.24) is 0 Å². The number of alkyl halides is 1. The van der Waals surface area contributed by atoms with Crippen LogP contribution in [0.2, 0.25) is 0 Å². The molecule has 1 aliphatic heterocycles. The van der Waals surface area contributed by atoms with Gasteiger partial charge >= 0.3 is 0 Å². The Morgan fingerprint density at radius 2 is 2.20 bits per heavy atom. The maximum absolute atomic E-state index is 5.24. The first-order valence-corrected chi connectivity index (χ1v) is 5.88. The molecule has 0 spiro atoms. The Bertz CT molecular complexity index is 361. The summed E-state index contributed by atoms with van der Waals surface area (Å²) in [5.74, 6) is 0.857. The van der Waals surface area contributed by atoms with E-state index in [1.807, 2.05) is 24.3 Å². The number of rotatable bonds is 3. The smallest absolute Gasteiger partial charge is 0.142 e. The largest absolute Gasteiger partial charge is 0.497 e. The number of methoxy groups -OCH3 is 1. The summed E-state index contributed by atoms with van der Waals surface area (Å²) in [5.41, 5.74) is 2.10. The van der Waals surface area contributed by atoms with E-state index in [9.17, 15) is 0 Å². The molecule has 0 fully saturated rings. The van der Waals surface area contributed by atoms with Gasteiger partial charge in [-0.05, 0) is 29.8 Å². The first-order chi connectivity index (χ1) is 7.33. The Balaban J connectivity index is 2.10. The highest BCUT2D eigenvalue weighted by Gasteiger charge is 2.20. The van der Waals surface area contributed by atoms with Crippen LogP contribution in [-0.2, 0) is 4.84 Å². The highest BCUT2D eigenvalue weighted by Crippen LogP contribution is 2.19. The summed E-state index contributed by atoms with van der Waals surface area (Å²) in [5, 5.41) is 4.88. The number of oxime groups is 1. The van der Waals surface area contributed by atoms with Crippen molar-refractivity contribution in [2.75, 3.05) is 12.4 Å². The molecule has 1 heterocycles. The number of nitrogens with zero attached hydrogens (tertiary/aromatic N) is 1. The van der Waals surface area contributed by atoms with Crippen LogP contribution >= 0.6 is 15.9 Å². The monoisotopic (exact) mass is 269 g/mol. The minimum Gasteiger partial charge on any atom is -0.497 e. The summed E-state index contributed by atoms with van der Waals surface area (Å²) < 4.78 is 5.10. The standard InChI is InChI=1S/C11H12BrNO2/c1-14-9-4-2-8(3-5-9)11-6-10(7-12)15-13-11/h2-5,10H,6-7H2,1H3. The van der Waals surface area contributed by atoms with E-state index >= 15 is 0 Å². The Morgan fingerprint density at radius 3 is 2.73 bits per heavy atom. The highest BCUT2D eigenvalue weighted by molar-refractivity contribution is 9.09. The summed E-state index contributed by atoms with van der Waals surface area (Å²) in [6.07, 6.45) is 1.03. The van der Waals surface area contributed by atoms with Gasteiger partial charge in [-0.15, -0.1) is 0 Å². The van der Waals surface area contributed by atoms with Crippen molar-refractivity contribution in [2.45, 2.75) is 12.5 Å². The van der Waals surface area contributed by atoms with Crippen LogP contribution in [0.3, 0.4) is 0 Å². The van der Waals surface area contributed by atoms with Gasteiger partial charge in [0.25, 0.3) is 0 Å². The molecule has 0 radical (unpaired) electrons. The lowest BCUT2D eigenvalue weighted by atomic mass is 10.1. The first-order valence-electron chi connectivity index (χ1n) is 4.76. The maximum Gasteiger partial charge on any atom is 0.142 e. The SMILES string of the molecule is COc1ccc(C2=NOC(CBr)C2)cc1. The molecule has 0 saturated heterocycles. The van der Waals surface area contributed by atoms with E-state index in [4.69, 9.17) is 9.57 Å². The van der Waals surface area contributed by atoms with Crippen molar-refractivity contribution in [3.63, 3.8) is 0 Å². The molecule has 0 bridgehead atoms. The number of halogens is 1. The fourth-order valence-corrected chi connectivity index (χ4v) is 1.81. The minimum absolute atomic E-state index is 0.169. The van der Waals surface area contributed by atoms with Crippen molar-refractivity contribution in [1.29, 1.82) is 0 Å². The number of hydrogen-bond acceptors (Lipinski definition) is 3. The molecular formula is C11H12BrNO2. The molecule has 2 rings (SSSR count). The van der Waals surface area contributed by atoms with Gasteiger partial charge in [0.05, 0.1) is 12.8 Å². The predicted octanol–water partition coefficient (Wildman–Crippen LogP) is 2.58. The molecule has 3 nitrogen and oxygen atoms in total. The van der Waals surface area contributed by atoms with Gasteiger partial charge < -0.3 is 9.57 Å². The zero-order valence-corrected chi connectivity index (χ0v) is 10.0. The van der Waals surface area contributed by atoms with Crippen LogP contribution in [0.1, 0.15) is 12.0 Å². The molecule has 1 unspecified atom stereocenters. The van der Waals surface area contributed by atoms with Crippen molar-refractivity contribution in [3.05, 3.63) is 29.8 Å². The molecule has 1 atom stereocenters. The quantitative estimate of drug-likeness (QED) is 0.790. The molecule has 1 aliphatic rings. The second-order valence-corrected chi connectivity index (χ2v) is 4.00. The lowest BCUT2D eigenvalue weighted by Gasteiger charge is -2.02. The van der Waals surface area contributed by atoms with Crippen molar-refractivity contribution in [3.8, 4) is 5.75 Å². The predicted molar refractivity (Wildman–Crippen MR) is 62.8 cm³/mol. The number of ether oxygens (including phenoxy) is 1. The van der Waals surface area contributed by atoms with E-state index < -0.39 is 0 Å². The molecule has 80 valence electrons. The van der Waals surface area contributed by atoms with E-state index in [2.05, 4.69) is 21.1 Å². The molecule has 0 aliphatic carbocycles. The molecule has 1 aromatic rings. The molecule has 15 heavy (non-hydrogen) atoms. The van der Waals surface area contributed by atoms with Gasteiger partial charge in [-0.25, -0.2) is 0 Å². The third-order valence-corrected chi connectivity index (χ3v) is 3.05. The van der Waals surface area contributed by atoms with Crippen molar-refractivity contribution < 1.29 is 9.57 Å². The lowest BCUT2D eigenvalue weighted by molar-refractivity contribution is 0.104. The Kier molecular flexibility index (Phi) is 3.26. The average Bonchev–Trinajstić information content (AvgIpc) is 2.78. The van der Waals surface area contributed by atoms with Gasteiger partial charge in [0.15, 0.2) is 0 Å². The fourth-order valence-electron chi connectivity index (χ4n) is 1.47. The van der Waals surface area contributed by atoms with E-state index in [0.717, 1.165) is 28.8 Å². The van der Waals surface area contributed by atoms with Gasteiger partial charge in [-0.3, -0.25) is 0 Å². The normalized spacial score (nSPS) is 19.6. The third-order valence-electron chi connectivity index (χ3n) is 2.33. The van der Waals surface area contributed by atoms with Gasteiger partial charge in [-0.2, -0.15) is 0 Å². The van der Waals surface area contributed by atoms with E-state index in [0.29, 0.717) is 0 Å². The van der Waals surface area contributed by atoms with Gasteiger partial charge in [0.2, 0.25) is 0 Å². The van der Waals surface area contributed by atoms with Gasteiger partial charge in [-0.1, -0.05) is 21.1 Å². The van der Waals surface area contributed by atoms with Crippen molar-refractivity contribution in [2.24, 2.45) is 5.16 Å². The Hall–Kier alpha value is -1.03. The summed E-state index contributed by atoms with van der Waals surface area (Å²) in [6, 6.07) is 7.86. The topological polar surface area (TPSA) is 30.8 Å². The average molecular weight is 270 g/mol. The number of benzene rings is 1. The summed E-state index contributed by atoms with van der Waals surface area (Å²) in [7, 11) is 1.66. The van der Waals surface area contributed by atoms with Crippen LogP contribution < -0.4 is 4.74 Å². The van der Waals surface area contributed by atoms with Crippen LogP contribution in [0.15, 0.2) is 29.4 Å². The van der Waals surface area contributed by atoms with Crippen molar-refractivity contribution >= 4 is 21.6 Å². The van der Waals surface area contributed by atoms with Gasteiger partial charge in [0, 0.05) is 11.8 Å². The van der Waals surface area contributed by atoms with E-state index in [1.165, 1.54) is 0 Å². The number of hydrogen-bond donors (Lipinski definition) is 0. The minimum atomic E-state index is 0.169. The third kappa shape index (κ3) is 2.31. The molecule has 0 N–H and O–H groups in total. The molecule has 1 aromatic carbocycles. The van der Waals surface area contributed by atoms with Crippen LogP contribution in [-0.4, -0.2) is 24.3 Å². The lowest BCUT2D eigenvalue weighted by Crippen LogP contribution is -2.09. The molecule has 0 saturated carbocycles. The molecule has 0 amide bonds. The Morgan fingerprint density at radius 1 is 1.47 bits per heavy atom. The zero-order valence-electron chi connectivity index (χ0n) is 8.44. The molecule has 4 heteroatoms. The van der Waals surface area contributed by atoms with Crippen LogP contribution in [0.5, 0.6) is 5.75 Å². The first kappa shape index (κ1) is 10.5. The Labute approximate surface area is 97.2 Å². The van der Waals surface area contributed by atoms with Gasteiger partial charge in [0.1, 0.15) is 11.9 Å². The van der Waals surface area contributed by atoms with E-state index in [-0.39, 0.29) is 6.10 Å². The van der Waals surface area contributed by atoms with Crippen LogP contribution in [0.25, 0.3) is 0 Å². The summed E-state index contributed by atoms with van der Waals surface area (Å²) >= 11 is 3.38. The molecular weight excluding hydrogens is 258 g/mol. The fraction of sp³-hybridized carbons (Fsp3) is 0.364. The summed E-state index contributed by atoms with van der Waals surface area (Å²) in [6.45, 7) is 0. The molecule has 0 aromatic heterocycles. The maximum atomic E-state index is 5.24. The second kappa shape index (κ2) is 4.66. The summed E-state index contributed by atoms with van der Waals surface area (Å²) in [4.78, 5) is 5.24. The van der Waals surface area contributed by atoms with E-state index in [1.54, 1.807) is 7.11 Å². The van der Waals surface area contributed by atoms with Crippen LogP contribution in [0, 0.1) is 0 Å².